The van der Waals surface area contributed by atoms with Crippen molar-refractivity contribution in [1.29, 1.82) is 0 Å². The maximum absolute atomic E-state index is 6.89. The van der Waals surface area contributed by atoms with Gasteiger partial charge in [0, 0.05) is 0 Å². The van der Waals surface area contributed by atoms with Crippen molar-refractivity contribution in [3.05, 3.63) is 0 Å². The molecular weight excluding hydrogens is 1500 g/mol. The van der Waals surface area contributed by atoms with Crippen LogP contribution in [0.2, 0.25) is 58.9 Å². The van der Waals surface area contributed by atoms with E-state index in [1.165, 1.54) is 0 Å². The molecule has 72 heavy (non-hydrogen) atoms. The second kappa shape index (κ2) is 36.5. The summed E-state index contributed by atoms with van der Waals surface area (Å²) in [6.07, 6.45) is 0. The lowest BCUT2D eigenvalue weighted by Gasteiger charge is -2.44. The summed E-state index contributed by atoms with van der Waals surface area (Å²) in [5, 5.41) is 0. The Bertz CT molecular complexity index is 1360. The van der Waals surface area contributed by atoms with Crippen LogP contribution in [0.15, 0.2) is 0 Å². The van der Waals surface area contributed by atoms with Crippen molar-refractivity contribution in [2.75, 3.05) is 0 Å². The molecule has 0 rings (SSSR count). The minimum atomic E-state index is -4.81. The van der Waals surface area contributed by atoms with Crippen LogP contribution in [0.3, 0.4) is 0 Å². The third-order valence-electron chi connectivity index (χ3n) is 8.33. The zero-order valence-electron chi connectivity index (χ0n) is 46.6. The highest BCUT2D eigenvalue weighted by Gasteiger charge is 2.71. The highest BCUT2D eigenvalue weighted by atomic mass is 28.6. The fourth-order valence-electron chi connectivity index (χ4n) is 5.26. The lowest BCUT2D eigenvalue weighted by molar-refractivity contribution is 0.00933. The van der Waals surface area contributed by atoms with E-state index >= 15 is 0 Å². The van der Waals surface area contributed by atoms with Gasteiger partial charge in [-0.1, -0.05) is 0 Å². The van der Waals surface area contributed by atoms with E-state index in [-0.39, 0.29) is 168 Å². The number of rotatable bonds is 46. The molecule has 0 heterocycles. The Morgan fingerprint density at radius 3 is 0.833 bits per heavy atom. The Hall–Kier alpha value is 5.70. The van der Waals surface area contributed by atoms with Crippen molar-refractivity contribution in [3.63, 3.8) is 0 Å². The first-order valence-corrected chi connectivity index (χ1v) is 63.7. The molecule has 434 valence electrons. The molecule has 0 radical (unpaired) electrons. The topological polar surface area (TPSA) is 286 Å². The summed E-state index contributed by atoms with van der Waals surface area (Å²) in [7, 11) is -48.9. The van der Waals surface area contributed by atoms with Gasteiger partial charge >= 0.3 is 90.2 Å². The molecule has 0 saturated carbocycles. The summed E-state index contributed by atoms with van der Waals surface area (Å²) < 4.78 is 193. The van der Waals surface area contributed by atoms with Crippen LogP contribution in [0.4, 0.5) is 0 Å². The first-order valence-electron chi connectivity index (χ1n) is 21.2. The minimum Gasteiger partial charge on any atom is -0.441 e. The first kappa shape index (κ1) is 77.7. The Morgan fingerprint density at radius 1 is 0.278 bits per heavy atom. The Morgan fingerprint density at radius 2 is 0.542 bits per heavy atom. The van der Waals surface area contributed by atoms with Crippen molar-refractivity contribution >= 4 is 315 Å². The molecule has 63 heteroatoms. The maximum atomic E-state index is 6.89. The lowest BCUT2D eigenvalue weighted by Crippen LogP contribution is -2.73. The van der Waals surface area contributed by atoms with E-state index in [1.54, 1.807) is 6.55 Å². The van der Waals surface area contributed by atoms with Gasteiger partial charge in [-0.3, -0.25) is 0 Å². The molecule has 0 aromatic heterocycles. The first-order chi connectivity index (χ1) is 33.4. The summed E-state index contributed by atoms with van der Waals surface area (Å²) in [4.78, 5) is 0. The molecule has 0 aliphatic rings. The quantitative estimate of drug-likeness (QED) is 0.0404. The van der Waals surface area contributed by atoms with Crippen molar-refractivity contribution in [3.8, 4) is 0 Å². The predicted octanol–water partition coefficient (Wildman–Crippen LogP) is -24.3. The van der Waals surface area contributed by atoms with Crippen LogP contribution >= 0.6 is 0 Å². The molecule has 0 amide bonds. The molecule has 1 unspecified atom stereocenters. The average molecular weight is 1590 g/mol. The summed E-state index contributed by atoms with van der Waals surface area (Å²) in [6.45, 7) is 17.8. The molecule has 0 spiro atoms. The van der Waals surface area contributed by atoms with Gasteiger partial charge in [0.25, 0.3) is 40.0 Å². The van der Waals surface area contributed by atoms with Gasteiger partial charge in [0.1, 0.15) is 168 Å². The van der Waals surface area contributed by atoms with Crippen LogP contribution in [0.5, 0.6) is 0 Å². The fourth-order valence-corrected chi connectivity index (χ4v) is 94.4. The van der Waals surface area contributed by atoms with Gasteiger partial charge in [0.2, 0.25) is 0 Å². The van der Waals surface area contributed by atoms with Crippen molar-refractivity contribution in [2.24, 2.45) is 0 Å². The summed E-state index contributed by atoms with van der Waals surface area (Å²) in [6, 6.07) is 0. The Labute approximate surface area is 496 Å². The normalized spacial score (nSPS) is 21.6. The molecule has 0 aliphatic heterocycles. The zero-order valence-corrected chi connectivity index (χ0v) is 96.4. The molecule has 0 aromatic carbocycles. The van der Waals surface area contributed by atoms with Crippen LogP contribution in [-0.2, 0) is 128 Å². The smallest absolute Gasteiger partial charge is 0.441 e. The Kier molecular flexibility index (Phi) is 39.4. The molecular formula is C9H84O31Si32. The molecule has 0 aliphatic carbocycles. The van der Waals surface area contributed by atoms with Crippen LogP contribution in [-0.4, -0.2) is 315 Å². The third-order valence-corrected chi connectivity index (χ3v) is 75.0. The minimum absolute atomic E-state index is 0.0764. The van der Waals surface area contributed by atoms with Gasteiger partial charge in [-0.25, -0.2) is 0 Å². The molecule has 1 atom stereocenters. The number of hydrogen-bond donors (Lipinski definition) is 0. The number of hydrogen-bond acceptors (Lipinski definition) is 31. The lowest BCUT2D eigenvalue weighted by atomic mass is 11.8. The van der Waals surface area contributed by atoms with Gasteiger partial charge in [0.15, 0.2) is 16.6 Å². The largest absolute Gasteiger partial charge is 0.653 e. The highest BCUT2D eigenvalue weighted by molar-refractivity contribution is 6.90. The summed E-state index contributed by atoms with van der Waals surface area (Å²) in [5.41, 5.74) is 0. The summed E-state index contributed by atoms with van der Waals surface area (Å²) >= 11 is 0. The van der Waals surface area contributed by atoms with E-state index in [0.29, 0.717) is 0 Å². The highest BCUT2D eigenvalue weighted by Crippen LogP contribution is 2.33. The molecule has 0 fully saturated rings. The fraction of sp³-hybridized carbons (Fsp3) is 1.00. The van der Waals surface area contributed by atoms with Crippen molar-refractivity contribution < 1.29 is 128 Å². The monoisotopic (exact) mass is 1580 g/mol. The van der Waals surface area contributed by atoms with Gasteiger partial charge in [0.05, 0.1) is 0 Å². The van der Waals surface area contributed by atoms with Crippen LogP contribution in [0, 0.1) is 0 Å². The van der Waals surface area contributed by atoms with Crippen LogP contribution in [0.1, 0.15) is 0 Å². The van der Waals surface area contributed by atoms with E-state index < -0.39 is 147 Å². The Balaban J connectivity index is 7.30. The van der Waals surface area contributed by atoms with Crippen molar-refractivity contribution in [2.45, 2.75) is 58.9 Å². The van der Waals surface area contributed by atoms with E-state index in [0.717, 1.165) is 0 Å². The average Bonchev–Trinajstić information content (AvgIpc) is 3.34. The van der Waals surface area contributed by atoms with Crippen LogP contribution < -0.4 is 0 Å². The molecule has 0 bridgehead atoms. The van der Waals surface area contributed by atoms with E-state index in [1.807, 2.05) is 32.7 Å². The van der Waals surface area contributed by atoms with Gasteiger partial charge in [-0.05, 0) is 58.9 Å². The zero-order chi connectivity index (χ0) is 55.8. The second-order valence-electron chi connectivity index (χ2n) is 15.9. The van der Waals surface area contributed by atoms with E-state index in [9.17, 15) is 0 Å². The molecule has 0 N–H and O–H groups in total. The summed E-state index contributed by atoms with van der Waals surface area (Å²) in [5.74, 6) is 0. The second-order valence-corrected chi connectivity index (χ2v) is 78.9. The SMILES string of the molecule is C[SiH](O[SiH2]O[SiH2]O[Si](O[SiH3])(O[SiH3])O[Si](O[Si](C)(C)O[Si](C)(C)C)(O[Si](O[SiH3])(O[SiH3])O[SiH3])O[Si](O[SiH3])(O[SiH3])O[SiH3])O[Si](O[Si](O[SiH3])(O[SiH3])O[SiH3])(O[Si](O[SiH3])(O[SiH3])O[SiH3])O[Si](O[SiH3])(O[SiH3])O[SiH2]O[SiH2]O[Si](C)(C)C. The van der Waals surface area contributed by atoms with Gasteiger partial charge in [-0.15, -0.1) is 0 Å². The maximum Gasteiger partial charge on any atom is 0.653 e. The molecule has 31 nitrogen and oxygen atoms in total. The third kappa shape index (κ3) is 26.7. The van der Waals surface area contributed by atoms with Gasteiger partial charge in [-0.2, -0.15) is 0 Å². The molecule has 0 aromatic rings. The standard InChI is InChI=1S/C9H84O31Si32/c1-61(32-71(35-65(10-41,11-42)12-43,36-66(13-44,14-45)15-46)39-69(22-53,23-54)31-60-27-58-29-62(2,3)4)28-57-26-59-30-70(24-55,25-56)40-72(37-67(16-47,17-48)18-49,38-68(19-50,20-51)21-52)34-64(8,9)33-63(5,6)7/h61H,57-60H2,1-9,41-56H3. The van der Waals surface area contributed by atoms with Crippen LogP contribution in [0.25, 0.3) is 0 Å². The molecule has 0 saturated heterocycles. The van der Waals surface area contributed by atoms with Gasteiger partial charge < -0.3 is 128 Å². The van der Waals surface area contributed by atoms with E-state index in [4.69, 9.17) is 128 Å². The van der Waals surface area contributed by atoms with Crippen molar-refractivity contribution in [1.82, 2.24) is 0 Å². The van der Waals surface area contributed by atoms with E-state index in [2.05, 4.69) is 19.6 Å². The predicted molar refractivity (Wildman–Crippen MR) is 350 cm³/mol.